The fraction of sp³-hybridized carbons (Fsp3) is 0.562. The highest BCUT2D eigenvalue weighted by molar-refractivity contribution is 9.10. The van der Waals surface area contributed by atoms with Gasteiger partial charge in [-0.3, -0.25) is 0 Å². The minimum Gasteiger partial charge on any atom is -0.324 e. The number of alkyl halides is 1. The number of halogens is 2. The Balaban J connectivity index is 2.10. The number of thioether (sulfide) groups is 1. The first-order valence-electron chi connectivity index (χ1n) is 7.44. The molecule has 1 heterocycles. The van der Waals surface area contributed by atoms with Crippen LogP contribution in [0.15, 0.2) is 22.7 Å². The molecule has 1 saturated carbocycles. The lowest BCUT2D eigenvalue weighted by Crippen LogP contribution is -2.22. The smallest absolute Gasteiger partial charge is 0.127 e. The van der Waals surface area contributed by atoms with Gasteiger partial charge in [-0.1, -0.05) is 22.4 Å². The highest BCUT2D eigenvalue weighted by atomic mass is 79.9. The lowest BCUT2D eigenvalue weighted by Gasteiger charge is -2.31. The van der Waals surface area contributed by atoms with E-state index in [1.54, 1.807) is 0 Å². The van der Waals surface area contributed by atoms with Crippen LogP contribution in [-0.4, -0.2) is 21.1 Å². The normalized spacial score (nSPS) is 24.4. The van der Waals surface area contributed by atoms with Gasteiger partial charge in [0, 0.05) is 15.8 Å². The van der Waals surface area contributed by atoms with Crippen LogP contribution in [0.2, 0.25) is 0 Å². The highest BCUT2D eigenvalue weighted by Crippen LogP contribution is 2.39. The first kappa shape index (κ1) is 15.7. The zero-order chi connectivity index (χ0) is 15.0. The summed E-state index contributed by atoms with van der Waals surface area (Å²) in [4.78, 5) is 4.78. The Morgan fingerprint density at radius 2 is 2.24 bits per heavy atom. The van der Waals surface area contributed by atoms with Crippen molar-refractivity contribution in [2.24, 2.45) is 0 Å². The second-order valence-electron chi connectivity index (χ2n) is 5.77. The van der Waals surface area contributed by atoms with Crippen LogP contribution in [0.1, 0.15) is 49.9 Å². The van der Waals surface area contributed by atoms with E-state index in [9.17, 15) is 0 Å². The Kier molecular flexibility index (Phi) is 4.87. The number of fused-ring (bicyclic) bond motifs is 1. The second-order valence-corrected chi connectivity index (χ2v) is 8.48. The number of benzene rings is 1. The third-order valence-electron chi connectivity index (χ3n) is 4.33. The third-order valence-corrected chi connectivity index (χ3v) is 6.11. The Labute approximate surface area is 143 Å². The minimum atomic E-state index is -0.0640. The summed E-state index contributed by atoms with van der Waals surface area (Å²) in [5.74, 6) is 1.01. The molecule has 2 nitrogen and oxygen atoms in total. The molecular formula is C16H20BrClN2S. The van der Waals surface area contributed by atoms with E-state index < -0.39 is 0 Å². The Morgan fingerprint density at radius 1 is 1.43 bits per heavy atom. The Hall–Kier alpha value is -0.190. The van der Waals surface area contributed by atoms with Gasteiger partial charge in [-0.15, -0.1) is 11.6 Å². The van der Waals surface area contributed by atoms with E-state index in [0.717, 1.165) is 21.1 Å². The van der Waals surface area contributed by atoms with Gasteiger partial charge >= 0.3 is 0 Å². The minimum absolute atomic E-state index is 0.0640. The van der Waals surface area contributed by atoms with Gasteiger partial charge in [-0.25, -0.2) is 4.98 Å². The number of hydrogen-bond acceptors (Lipinski definition) is 2. The van der Waals surface area contributed by atoms with E-state index in [0.29, 0.717) is 6.04 Å². The number of hydrogen-bond donors (Lipinski definition) is 0. The van der Waals surface area contributed by atoms with Crippen molar-refractivity contribution in [1.82, 2.24) is 9.55 Å². The molecule has 0 radical (unpaired) electrons. The van der Waals surface area contributed by atoms with E-state index in [4.69, 9.17) is 16.6 Å². The van der Waals surface area contributed by atoms with E-state index in [1.807, 2.05) is 24.8 Å². The molecule has 1 fully saturated rings. The zero-order valence-electron chi connectivity index (χ0n) is 12.4. The average molecular weight is 388 g/mol. The van der Waals surface area contributed by atoms with Crippen LogP contribution in [0.4, 0.5) is 0 Å². The van der Waals surface area contributed by atoms with Crippen LogP contribution in [0.5, 0.6) is 0 Å². The van der Waals surface area contributed by atoms with E-state index in [1.165, 1.54) is 31.2 Å². The molecule has 1 aromatic carbocycles. The maximum Gasteiger partial charge on any atom is 0.127 e. The largest absolute Gasteiger partial charge is 0.324 e. The monoisotopic (exact) mass is 386 g/mol. The number of aromatic nitrogens is 2. The van der Waals surface area contributed by atoms with Gasteiger partial charge in [0.15, 0.2) is 0 Å². The predicted molar refractivity (Wildman–Crippen MR) is 96.5 cm³/mol. The molecule has 0 amide bonds. The van der Waals surface area contributed by atoms with Crippen LogP contribution in [0.3, 0.4) is 0 Å². The summed E-state index contributed by atoms with van der Waals surface area (Å²) in [6.45, 7) is 2.02. The molecule has 3 rings (SSSR count). The Morgan fingerprint density at radius 3 is 2.95 bits per heavy atom. The third kappa shape index (κ3) is 3.13. The van der Waals surface area contributed by atoms with Gasteiger partial charge in [0.1, 0.15) is 5.82 Å². The summed E-state index contributed by atoms with van der Waals surface area (Å²) in [7, 11) is 0. The average Bonchev–Trinajstić information content (AvgIpc) is 2.86. The predicted octanol–water partition coefficient (Wildman–Crippen LogP) is 5.95. The molecule has 5 heteroatoms. The van der Waals surface area contributed by atoms with Gasteiger partial charge in [0.05, 0.1) is 16.4 Å². The summed E-state index contributed by atoms with van der Waals surface area (Å²) in [6, 6.07) is 6.82. The van der Waals surface area contributed by atoms with Crippen molar-refractivity contribution in [2.75, 3.05) is 6.26 Å². The molecular weight excluding hydrogens is 368 g/mol. The first-order valence-corrected chi connectivity index (χ1v) is 9.96. The van der Waals surface area contributed by atoms with E-state index >= 15 is 0 Å². The SMILES string of the molecule is CSC1CCCC(n2c(C(C)Cl)nc3ccc(Br)cc32)C1. The molecule has 1 aromatic heterocycles. The zero-order valence-corrected chi connectivity index (χ0v) is 15.5. The molecule has 0 aliphatic heterocycles. The number of imidazole rings is 1. The molecule has 1 aliphatic rings. The molecule has 1 aliphatic carbocycles. The van der Waals surface area contributed by atoms with Crippen LogP contribution in [-0.2, 0) is 0 Å². The fourth-order valence-electron chi connectivity index (χ4n) is 3.32. The van der Waals surface area contributed by atoms with Crippen LogP contribution < -0.4 is 0 Å². The maximum atomic E-state index is 6.41. The molecule has 3 unspecified atom stereocenters. The van der Waals surface area contributed by atoms with Crippen molar-refractivity contribution in [3.8, 4) is 0 Å². The molecule has 3 atom stereocenters. The molecule has 0 spiro atoms. The molecule has 114 valence electrons. The number of nitrogens with zero attached hydrogens (tertiary/aromatic N) is 2. The Bertz CT molecular complexity index is 640. The first-order chi connectivity index (χ1) is 10.1. The summed E-state index contributed by atoms with van der Waals surface area (Å²) < 4.78 is 3.50. The van der Waals surface area contributed by atoms with Gasteiger partial charge in [0.25, 0.3) is 0 Å². The molecule has 2 aromatic rings. The quantitative estimate of drug-likeness (QED) is 0.606. The van der Waals surface area contributed by atoms with Crippen molar-refractivity contribution >= 4 is 50.3 Å². The van der Waals surface area contributed by atoms with Crippen molar-refractivity contribution in [2.45, 2.75) is 49.3 Å². The molecule has 0 bridgehead atoms. The summed E-state index contributed by atoms with van der Waals surface area (Å²) in [5.41, 5.74) is 2.26. The summed E-state index contributed by atoms with van der Waals surface area (Å²) in [5, 5.41) is 0.692. The molecule has 21 heavy (non-hydrogen) atoms. The van der Waals surface area contributed by atoms with Crippen molar-refractivity contribution in [1.29, 1.82) is 0 Å². The lowest BCUT2D eigenvalue weighted by molar-refractivity contribution is 0.360. The van der Waals surface area contributed by atoms with Gasteiger partial charge < -0.3 is 4.57 Å². The molecule has 0 N–H and O–H groups in total. The van der Waals surface area contributed by atoms with Crippen LogP contribution >= 0.6 is 39.3 Å². The van der Waals surface area contributed by atoms with E-state index in [-0.39, 0.29) is 5.38 Å². The standard InChI is InChI=1S/C16H20BrClN2S/c1-10(18)16-19-14-7-6-11(17)8-15(14)20(16)12-4-3-5-13(9-12)21-2/h6-8,10,12-13H,3-5,9H2,1-2H3. The van der Waals surface area contributed by atoms with Crippen LogP contribution in [0.25, 0.3) is 11.0 Å². The van der Waals surface area contributed by atoms with Gasteiger partial charge in [-0.05, 0) is 50.6 Å². The fourth-order valence-corrected chi connectivity index (χ4v) is 4.64. The second kappa shape index (κ2) is 6.51. The highest BCUT2D eigenvalue weighted by Gasteiger charge is 2.27. The number of rotatable bonds is 3. The van der Waals surface area contributed by atoms with E-state index in [2.05, 4.69) is 38.9 Å². The van der Waals surface area contributed by atoms with Crippen molar-refractivity contribution < 1.29 is 0 Å². The van der Waals surface area contributed by atoms with Crippen LogP contribution in [0, 0.1) is 0 Å². The maximum absolute atomic E-state index is 6.41. The lowest BCUT2D eigenvalue weighted by atomic mass is 9.94. The van der Waals surface area contributed by atoms with Gasteiger partial charge in [-0.2, -0.15) is 11.8 Å². The topological polar surface area (TPSA) is 17.8 Å². The summed E-state index contributed by atoms with van der Waals surface area (Å²) >= 11 is 12.0. The van der Waals surface area contributed by atoms with Crippen molar-refractivity contribution in [3.05, 3.63) is 28.5 Å². The summed E-state index contributed by atoms with van der Waals surface area (Å²) in [6.07, 6.45) is 7.29. The van der Waals surface area contributed by atoms with Gasteiger partial charge in [0.2, 0.25) is 0 Å². The van der Waals surface area contributed by atoms with Crippen molar-refractivity contribution in [3.63, 3.8) is 0 Å². The molecule has 0 saturated heterocycles.